The number of amides is 1. The lowest BCUT2D eigenvalue weighted by Gasteiger charge is -2.40. The average Bonchev–Trinajstić information content (AvgIpc) is 2.67. The maximum absolute atomic E-state index is 14.6. The first-order valence-corrected chi connectivity index (χ1v) is 10.1. The lowest BCUT2D eigenvalue weighted by atomic mass is 9.93. The lowest BCUT2D eigenvalue weighted by molar-refractivity contribution is 0.102. The molecule has 29 heavy (non-hydrogen) atoms. The molecule has 2 aromatic rings. The molecule has 9 nitrogen and oxygen atoms in total. The van der Waals surface area contributed by atoms with E-state index in [0.29, 0.717) is 5.75 Å². The molecular formula is C18H20FN5O4S. The summed E-state index contributed by atoms with van der Waals surface area (Å²) in [5.74, 6) is -1.57. The third-order valence-electron chi connectivity index (χ3n) is 4.62. The fourth-order valence-electron chi connectivity index (χ4n) is 3.01. The molecule has 0 spiro atoms. The van der Waals surface area contributed by atoms with E-state index in [9.17, 15) is 17.6 Å². The van der Waals surface area contributed by atoms with Crippen molar-refractivity contribution >= 4 is 27.6 Å². The van der Waals surface area contributed by atoms with E-state index in [-0.39, 0.29) is 22.9 Å². The highest BCUT2D eigenvalue weighted by molar-refractivity contribution is 7.89. The summed E-state index contributed by atoms with van der Waals surface area (Å²) in [6.07, 6.45) is 1.42. The lowest BCUT2D eigenvalue weighted by Crippen LogP contribution is -2.61. The van der Waals surface area contributed by atoms with Gasteiger partial charge in [0.2, 0.25) is 16.0 Å². The van der Waals surface area contributed by atoms with Gasteiger partial charge in [0.1, 0.15) is 17.3 Å². The number of rotatable bonds is 4. The molecule has 0 radical (unpaired) electrons. The monoisotopic (exact) mass is 421 g/mol. The number of carbonyl (C=O) groups excluding carboxylic acids is 1. The molecule has 1 aliphatic heterocycles. The van der Waals surface area contributed by atoms with Crippen LogP contribution in [-0.2, 0) is 15.6 Å². The summed E-state index contributed by atoms with van der Waals surface area (Å²) in [5.41, 5.74) is -1.03. The quantitative estimate of drug-likeness (QED) is 0.687. The Balaban J connectivity index is 1.92. The van der Waals surface area contributed by atoms with Crippen LogP contribution in [0.2, 0.25) is 0 Å². The molecule has 3 rings (SSSR count). The van der Waals surface area contributed by atoms with Crippen LogP contribution in [0.1, 0.15) is 23.0 Å². The second-order valence-corrected chi connectivity index (χ2v) is 8.76. The van der Waals surface area contributed by atoms with E-state index in [4.69, 9.17) is 10.1 Å². The first-order chi connectivity index (χ1) is 13.6. The maximum atomic E-state index is 14.6. The number of aromatic nitrogens is 1. The van der Waals surface area contributed by atoms with Gasteiger partial charge in [0.25, 0.3) is 5.91 Å². The minimum absolute atomic E-state index is 0.00956. The molecule has 0 unspecified atom stereocenters. The SMILES string of the molecule is COc1ccnc(C(=O)Nc2ccc(F)c([C@]3(C)CS(=O)(=O)N(C)C(=N)N3)c2)c1. The first kappa shape index (κ1) is 20.5. The van der Waals surface area contributed by atoms with Crippen LogP contribution in [0, 0.1) is 11.2 Å². The molecule has 1 fully saturated rings. The number of benzene rings is 1. The molecule has 0 aliphatic carbocycles. The summed E-state index contributed by atoms with van der Waals surface area (Å²) < 4.78 is 45.1. The van der Waals surface area contributed by atoms with Crippen molar-refractivity contribution in [2.24, 2.45) is 0 Å². The van der Waals surface area contributed by atoms with Crippen molar-refractivity contribution in [3.8, 4) is 5.75 Å². The topological polar surface area (TPSA) is 124 Å². The highest BCUT2D eigenvalue weighted by Crippen LogP contribution is 2.31. The predicted molar refractivity (Wildman–Crippen MR) is 105 cm³/mol. The Morgan fingerprint density at radius 2 is 2.10 bits per heavy atom. The van der Waals surface area contributed by atoms with Crippen LogP contribution in [0.4, 0.5) is 10.1 Å². The van der Waals surface area contributed by atoms with Gasteiger partial charge in [-0.1, -0.05) is 0 Å². The summed E-state index contributed by atoms with van der Waals surface area (Å²) >= 11 is 0. The van der Waals surface area contributed by atoms with E-state index in [0.717, 1.165) is 10.4 Å². The molecule has 1 amide bonds. The van der Waals surface area contributed by atoms with E-state index in [1.165, 1.54) is 45.5 Å². The van der Waals surface area contributed by atoms with E-state index in [2.05, 4.69) is 15.6 Å². The molecule has 2 heterocycles. The third-order valence-corrected chi connectivity index (χ3v) is 6.58. The molecule has 0 bridgehead atoms. The second kappa shape index (κ2) is 7.32. The molecule has 11 heteroatoms. The number of halogens is 1. The zero-order valence-electron chi connectivity index (χ0n) is 16.0. The first-order valence-electron chi connectivity index (χ1n) is 8.50. The molecule has 1 atom stereocenters. The zero-order chi connectivity index (χ0) is 21.4. The standard InChI is InChI=1S/C18H20FN5O4S/c1-18(10-29(26,27)24(2)17(20)23-18)13-8-11(4-5-14(13)19)22-16(25)15-9-12(28-3)6-7-21-15/h4-9H,10H2,1-3H3,(H2,20,23)(H,22,25)/t18-/m0/s1. The van der Waals surface area contributed by atoms with Crippen molar-refractivity contribution < 1.29 is 22.3 Å². The molecule has 1 saturated heterocycles. The van der Waals surface area contributed by atoms with Gasteiger partial charge < -0.3 is 15.4 Å². The van der Waals surface area contributed by atoms with Crippen LogP contribution in [0.25, 0.3) is 0 Å². The third kappa shape index (κ3) is 3.99. The average molecular weight is 421 g/mol. The summed E-state index contributed by atoms with van der Waals surface area (Å²) in [6, 6.07) is 6.87. The fraction of sp³-hybridized carbons (Fsp3) is 0.278. The van der Waals surface area contributed by atoms with Gasteiger partial charge in [-0.15, -0.1) is 0 Å². The largest absolute Gasteiger partial charge is 0.497 e. The number of anilines is 1. The van der Waals surface area contributed by atoms with E-state index in [1.54, 1.807) is 6.07 Å². The number of carbonyl (C=O) groups is 1. The van der Waals surface area contributed by atoms with Gasteiger partial charge in [0.15, 0.2) is 0 Å². The van der Waals surface area contributed by atoms with Gasteiger partial charge in [0, 0.05) is 30.6 Å². The van der Waals surface area contributed by atoms with E-state index in [1.807, 2.05) is 0 Å². The highest BCUT2D eigenvalue weighted by Gasteiger charge is 2.43. The normalized spacial score (nSPS) is 20.7. The van der Waals surface area contributed by atoms with Crippen LogP contribution in [-0.4, -0.2) is 49.5 Å². The molecule has 3 N–H and O–H groups in total. The van der Waals surface area contributed by atoms with Crippen molar-refractivity contribution in [3.63, 3.8) is 0 Å². The van der Waals surface area contributed by atoms with Gasteiger partial charge in [0.05, 0.1) is 18.4 Å². The highest BCUT2D eigenvalue weighted by atomic mass is 32.2. The van der Waals surface area contributed by atoms with Gasteiger partial charge in [-0.3, -0.25) is 15.2 Å². The van der Waals surface area contributed by atoms with Gasteiger partial charge >= 0.3 is 0 Å². The number of methoxy groups -OCH3 is 1. The van der Waals surface area contributed by atoms with Crippen LogP contribution in [0.15, 0.2) is 36.5 Å². The summed E-state index contributed by atoms with van der Waals surface area (Å²) in [4.78, 5) is 16.4. The van der Waals surface area contributed by atoms with Crippen LogP contribution in [0.3, 0.4) is 0 Å². The van der Waals surface area contributed by atoms with Crippen molar-refractivity contribution in [1.29, 1.82) is 5.41 Å². The van der Waals surface area contributed by atoms with Crippen LogP contribution >= 0.6 is 0 Å². The Morgan fingerprint density at radius 1 is 1.38 bits per heavy atom. The van der Waals surface area contributed by atoms with Crippen LogP contribution < -0.4 is 15.4 Å². The Hall–Kier alpha value is -3.21. The van der Waals surface area contributed by atoms with Crippen molar-refractivity contribution in [2.75, 3.05) is 25.2 Å². The van der Waals surface area contributed by atoms with Crippen molar-refractivity contribution in [2.45, 2.75) is 12.5 Å². The summed E-state index contributed by atoms with van der Waals surface area (Å²) in [5, 5.41) is 13.2. The Morgan fingerprint density at radius 3 is 2.76 bits per heavy atom. The summed E-state index contributed by atoms with van der Waals surface area (Å²) in [6.45, 7) is 1.49. The molecule has 154 valence electrons. The zero-order valence-corrected chi connectivity index (χ0v) is 16.8. The predicted octanol–water partition coefficient (Wildman–Crippen LogP) is 1.50. The van der Waals surface area contributed by atoms with Gasteiger partial charge in [-0.2, -0.15) is 0 Å². The molecule has 0 saturated carbocycles. The summed E-state index contributed by atoms with van der Waals surface area (Å²) in [7, 11) is -1.09. The number of nitrogens with one attached hydrogen (secondary N) is 3. The number of hydrogen-bond donors (Lipinski definition) is 3. The Bertz CT molecular complexity index is 1090. The number of nitrogens with zero attached hydrogens (tertiary/aromatic N) is 2. The fourth-order valence-corrected chi connectivity index (χ4v) is 4.48. The number of guanidine groups is 1. The number of ether oxygens (including phenoxy) is 1. The van der Waals surface area contributed by atoms with Gasteiger partial charge in [-0.05, 0) is 31.2 Å². The number of hydrogen-bond acceptors (Lipinski definition) is 6. The molecular weight excluding hydrogens is 401 g/mol. The number of sulfonamides is 1. The van der Waals surface area contributed by atoms with Gasteiger partial charge in [-0.25, -0.2) is 17.1 Å². The maximum Gasteiger partial charge on any atom is 0.274 e. The molecule has 1 aliphatic rings. The Labute approximate surface area is 167 Å². The van der Waals surface area contributed by atoms with Crippen molar-refractivity contribution in [1.82, 2.24) is 14.6 Å². The van der Waals surface area contributed by atoms with Crippen LogP contribution in [0.5, 0.6) is 5.75 Å². The second-order valence-electron chi connectivity index (χ2n) is 6.76. The van der Waals surface area contributed by atoms with Crippen molar-refractivity contribution in [3.05, 3.63) is 53.6 Å². The number of pyridine rings is 1. The smallest absolute Gasteiger partial charge is 0.274 e. The van der Waals surface area contributed by atoms with E-state index >= 15 is 0 Å². The Kier molecular flexibility index (Phi) is 5.18. The minimum atomic E-state index is -3.80. The molecule has 1 aromatic heterocycles. The van der Waals surface area contributed by atoms with E-state index < -0.39 is 33.0 Å². The minimum Gasteiger partial charge on any atom is -0.497 e. The molecule has 1 aromatic carbocycles.